The third-order valence-electron chi connectivity index (χ3n) is 3.47. The Bertz CT molecular complexity index is 976. The van der Waals surface area contributed by atoms with Crippen molar-refractivity contribution in [3.05, 3.63) is 62.7 Å². The van der Waals surface area contributed by atoms with Gasteiger partial charge >= 0.3 is 5.97 Å². The van der Waals surface area contributed by atoms with E-state index >= 15 is 0 Å². The zero-order chi connectivity index (χ0) is 19.6. The Morgan fingerprint density at radius 3 is 2.59 bits per heavy atom. The van der Waals surface area contributed by atoms with E-state index in [0.717, 1.165) is 11.8 Å². The van der Waals surface area contributed by atoms with E-state index in [2.05, 4.69) is 21.2 Å². The van der Waals surface area contributed by atoms with Gasteiger partial charge < -0.3 is 14.8 Å². The van der Waals surface area contributed by atoms with Crippen LogP contribution in [-0.4, -0.2) is 23.3 Å². The number of hydrogen-bond acceptors (Lipinski definition) is 6. The van der Waals surface area contributed by atoms with Crippen LogP contribution in [-0.2, 0) is 4.79 Å². The van der Waals surface area contributed by atoms with Gasteiger partial charge in [0.2, 0.25) is 0 Å². The molecule has 0 unspecified atom stereocenters. The van der Waals surface area contributed by atoms with Crippen LogP contribution < -0.4 is 14.8 Å². The molecule has 5 nitrogen and oxygen atoms in total. The van der Waals surface area contributed by atoms with Crippen molar-refractivity contribution in [1.29, 1.82) is 0 Å². The van der Waals surface area contributed by atoms with Crippen LogP contribution in [0.2, 0.25) is 0 Å². The second kappa shape index (κ2) is 8.20. The molecule has 1 saturated heterocycles. The standard InChI is InChI=1S/C18H11BrFNO4S2/c1-24-13-7-9(8-14-16(22)21-18(26)27-14)6-12(19)15(13)25-17(23)10-2-4-11(20)5-3-10/h2-8H,1H3,(H,21,22,26). The lowest BCUT2D eigenvalue weighted by Crippen LogP contribution is -2.17. The van der Waals surface area contributed by atoms with E-state index < -0.39 is 11.8 Å². The van der Waals surface area contributed by atoms with E-state index in [1.54, 1.807) is 18.2 Å². The Morgan fingerprint density at radius 1 is 1.30 bits per heavy atom. The smallest absolute Gasteiger partial charge is 0.343 e. The van der Waals surface area contributed by atoms with Gasteiger partial charge in [0.1, 0.15) is 10.1 Å². The first-order valence-corrected chi connectivity index (χ1v) is 9.49. The average Bonchev–Trinajstić information content (AvgIpc) is 2.94. The molecule has 2 aromatic rings. The molecule has 0 aliphatic carbocycles. The summed E-state index contributed by atoms with van der Waals surface area (Å²) in [5, 5.41) is 2.54. The van der Waals surface area contributed by atoms with Crippen LogP contribution in [0.15, 0.2) is 45.8 Å². The van der Waals surface area contributed by atoms with Gasteiger partial charge in [-0.2, -0.15) is 0 Å². The summed E-state index contributed by atoms with van der Waals surface area (Å²) in [6.07, 6.45) is 1.65. The highest BCUT2D eigenvalue weighted by Gasteiger charge is 2.23. The maximum absolute atomic E-state index is 13.0. The second-order valence-electron chi connectivity index (χ2n) is 5.28. The van der Waals surface area contributed by atoms with E-state index in [1.165, 1.54) is 31.4 Å². The van der Waals surface area contributed by atoms with Gasteiger partial charge in [-0.3, -0.25) is 4.79 Å². The number of amides is 1. The number of halogens is 2. The quantitative estimate of drug-likeness (QED) is 0.313. The molecule has 27 heavy (non-hydrogen) atoms. The predicted molar refractivity (Wildman–Crippen MR) is 108 cm³/mol. The largest absolute Gasteiger partial charge is 0.493 e. The summed E-state index contributed by atoms with van der Waals surface area (Å²) in [5.41, 5.74) is 0.853. The Morgan fingerprint density at radius 2 is 2.00 bits per heavy atom. The van der Waals surface area contributed by atoms with Crippen LogP contribution in [0.3, 0.4) is 0 Å². The Hall–Kier alpha value is -2.23. The Kier molecular flexibility index (Phi) is 5.93. The summed E-state index contributed by atoms with van der Waals surface area (Å²) < 4.78 is 24.5. The fourth-order valence-corrected chi connectivity index (χ4v) is 3.82. The number of esters is 1. The highest BCUT2D eigenvalue weighted by molar-refractivity contribution is 9.10. The molecule has 1 amide bonds. The van der Waals surface area contributed by atoms with E-state index in [0.29, 0.717) is 19.3 Å². The molecule has 0 bridgehead atoms. The van der Waals surface area contributed by atoms with Crippen molar-refractivity contribution in [1.82, 2.24) is 5.32 Å². The normalized spacial score (nSPS) is 15.0. The van der Waals surface area contributed by atoms with Crippen LogP contribution in [0.25, 0.3) is 6.08 Å². The number of nitrogens with one attached hydrogen (secondary N) is 1. The van der Waals surface area contributed by atoms with Crippen LogP contribution in [0.4, 0.5) is 4.39 Å². The van der Waals surface area contributed by atoms with Crippen LogP contribution in [0.5, 0.6) is 11.5 Å². The van der Waals surface area contributed by atoms with Gasteiger partial charge in [0.05, 0.1) is 22.1 Å². The highest BCUT2D eigenvalue weighted by Crippen LogP contribution is 2.38. The predicted octanol–water partition coefficient (Wildman–Crippen LogP) is 4.30. The second-order valence-corrected chi connectivity index (χ2v) is 7.86. The van der Waals surface area contributed by atoms with Crippen LogP contribution in [0, 0.1) is 5.82 Å². The lowest BCUT2D eigenvalue weighted by molar-refractivity contribution is -0.115. The van der Waals surface area contributed by atoms with E-state index in [1.807, 2.05) is 0 Å². The van der Waals surface area contributed by atoms with E-state index in [-0.39, 0.29) is 23.0 Å². The van der Waals surface area contributed by atoms with E-state index in [9.17, 15) is 14.0 Å². The summed E-state index contributed by atoms with van der Waals surface area (Å²) in [4.78, 5) is 24.5. The average molecular weight is 468 g/mol. The fraction of sp³-hybridized carbons (Fsp3) is 0.0556. The van der Waals surface area contributed by atoms with Gasteiger partial charge in [-0.1, -0.05) is 24.0 Å². The van der Waals surface area contributed by atoms with Crippen molar-refractivity contribution in [2.24, 2.45) is 0 Å². The number of ether oxygens (including phenoxy) is 2. The summed E-state index contributed by atoms with van der Waals surface area (Å²) in [6, 6.07) is 8.31. The SMILES string of the molecule is COc1cc(C=C2SC(=S)NC2=O)cc(Br)c1OC(=O)c1ccc(F)cc1. The van der Waals surface area contributed by atoms with Crippen molar-refractivity contribution in [2.45, 2.75) is 0 Å². The summed E-state index contributed by atoms with van der Waals surface area (Å²) in [6.45, 7) is 0. The highest BCUT2D eigenvalue weighted by atomic mass is 79.9. The molecule has 0 spiro atoms. The topological polar surface area (TPSA) is 64.6 Å². The molecule has 1 heterocycles. The van der Waals surface area contributed by atoms with Crippen molar-refractivity contribution in [2.75, 3.05) is 7.11 Å². The minimum absolute atomic E-state index is 0.174. The minimum Gasteiger partial charge on any atom is -0.493 e. The summed E-state index contributed by atoms with van der Waals surface area (Å²) in [7, 11) is 1.43. The maximum atomic E-state index is 13.0. The zero-order valence-corrected chi connectivity index (χ0v) is 17.0. The number of carbonyl (C=O) groups excluding carboxylic acids is 2. The first-order valence-electron chi connectivity index (χ1n) is 7.47. The van der Waals surface area contributed by atoms with Gasteiger partial charge in [-0.15, -0.1) is 0 Å². The van der Waals surface area contributed by atoms with Gasteiger partial charge in [-0.05, 0) is 64.0 Å². The number of rotatable bonds is 4. The number of carbonyl (C=O) groups is 2. The fourth-order valence-electron chi connectivity index (χ4n) is 2.23. The molecule has 3 rings (SSSR count). The number of hydrogen-bond donors (Lipinski definition) is 1. The first-order chi connectivity index (χ1) is 12.9. The van der Waals surface area contributed by atoms with Crippen LogP contribution in [0.1, 0.15) is 15.9 Å². The van der Waals surface area contributed by atoms with Gasteiger partial charge in [0, 0.05) is 0 Å². The van der Waals surface area contributed by atoms with Crippen molar-refractivity contribution >= 4 is 62.2 Å². The Balaban J connectivity index is 1.89. The molecule has 0 aromatic heterocycles. The maximum Gasteiger partial charge on any atom is 0.343 e. The van der Waals surface area contributed by atoms with Crippen molar-refractivity contribution in [3.63, 3.8) is 0 Å². The number of thioether (sulfide) groups is 1. The zero-order valence-electron chi connectivity index (χ0n) is 13.7. The third kappa shape index (κ3) is 4.55. The van der Waals surface area contributed by atoms with Crippen molar-refractivity contribution < 1.29 is 23.5 Å². The molecule has 1 aliphatic heterocycles. The lowest BCUT2D eigenvalue weighted by Gasteiger charge is -2.12. The first kappa shape index (κ1) is 19.5. The molecule has 138 valence electrons. The molecule has 1 aliphatic rings. The Labute approximate surface area is 172 Å². The molecular weight excluding hydrogens is 457 g/mol. The molecule has 0 saturated carbocycles. The number of benzene rings is 2. The molecule has 0 radical (unpaired) electrons. The van der Waals surface area contributed by atoms with Gasteiger partial charge in [0.25, 0.3) is 5.91 Å². The molecule has 2 aromatic carbocycles. The molecule has 9 heteroatoms. The van der Waals surface area contributed by atoms with Gasteiger partial charge in [-0.25, -0.2) is 9.18 Å². The van der Waals surface area contributed by atoms with Crippen LogP contribution >= 0.6 is 39.9 Å². The summed E-state index contributed by atoms with van der Waals surface area (Å²) in [5.74, 6) is -0.912. The minimum atomic E-state index is -0.656. The number of methoxy groups -OCH3 is 1. The van der Waals surface area contributed by atoms with Gasteiger partial charge in [0.15, 0.2) is 11.5 Å². The number of thiocarbonyl (C=S) groups is 1. The van der Waals surface area contributed by atoms with E-state index in [4.69, 9.17) is 21.7 Å². The molecule has 1 fully saturated rings. The third-order valence-corrected chi connectivity index (χ3v) is 5.22. The monoisotopic (exact) mass is 467 g/mol. The summed E-state index contributed by atoms with van der Waals surface area (Å²) >= 11 is 9.47. The molecule has 1 N–H and O–H groups in total. The van der Waals surface area contributed by atoms with Crippen molar-refractivity contribution in [3.8, 4) is 11.5 Å². The lowest BCUT2D eigenvalue weighted by atomic mass is 10.1. The molecular formula is C18H11BrFNO4S2. The molecule has 0 atom stereocenters.